The molecule has 0 spiro atoms. The first kappa shape index (κ1) is 39.7. The summed E-state index contributed by atoms with van der Waals surface area (Å²) in [4.78, 5) is 21.4. The Morgan fingerprint density at radius 3 is 2.21 bits per heavy atom. The van der Waals surface area contributed by atoms with Crippen molar-refractivity contribution in [2.75, 3.05) is 19.6 Å². The molecule has 1 fully saturated rings. The lowest BCUT2D eigenvalue weighted by Crippen LogP contribution is -2.54. The van der Waals surface area contributed by atoms with Crippen molar-refractivity contribution in [1.29, 1.82) is 5.26 Å². The molecule has 1 amide bonds. The van der Waals surface area contributed by atoms with Gasteiger partial charge in [0.15, 0.2) is 0 Å². The van der Waals surface area contributed by atoms with Crippen LogP contribution in [0.2, 0.25) is 0 Å². The van der Waals surface area contributed by atoms with Gasteiger partial charge in [0.1, 0.15) is 5.60 Å². The summed E-state index contributed by atoms with van der Waals surface area (Å²) < 4.78 is 5.58. The molecule has 1 aliphatic heterocycles. The third kappa shape index (κ3) is 15.6. The van der Waals surface area contributed by atoms with Crippen molar-refractivity contribution >= 4 is 11.8 Å². The molecule has 6 heteroatoms. The van der Waals surface area contributed by atoms with Gasteiger partial charge in [-0.2, -0.15) is 5.26 Å². The lowest BCUT2D eigenvalue weighted by atomic mass is 9.96. The number of amides is 1. The zero-order valence-electron chi connectivity index (χ0n) is 29.4. The fourth-order valence-corrected chi connectivity index (χ4v) is 4.76. The van der Waals surface area contributed by atoms with Crippen molar-refractivity contribution in [3.8, 4) is 6.07 Å². The molecule has 240 valence electrons. The van der Waals surface area contributed by atoms with Crippen LogP contribution < -0.4 is 0 Å². The Kier molecular flexibility index (Phi) is 19.7. The molecule has 1 atom stereocenters. The Hall–Kier alpha value is -3.33. The molecular formula is C37H60N4O2. The van der Waals surface area contributed by atoms with Gasteiger partial charge in [-0.3, -0.25) is 4.99 Å². The first-order valence-corrected chi connectivity index (χ1v) is 16.0. The maximum atomic E-state index is 12.5. The summed E-state index contributed by atoms with van der Waals surface area (Å²) in [7, 11) is 0. The minimum atomic E-state index is -0.474. The van der Waals surface area contributed by atoms with Gasteiger partial charge < -0.3 is 14.5 Å². The largest absolute Gasteiger partial charge is 0.444 e. The summed E-state index contributed by atoms with van der Waals surface area (Å²) in [6.07, 6.45) is 18.9. The van der Waals surface area contributed by atoms with E-state index in [4.69, 9.17) is 10.00 Å². The number of ether oxygens (including phenoxy) is 1. The van der Waals surface area contributed by atoms with Crippen LogP contribution >= 0.6 is 0 Å². The number of hydrogen-bond acceptors (Lipinski definition) is 5. The summed E-state index contributed by atoms with van der Waals surface area (Å²) in [5, 5.41) is 8.85. The van der Waals surface area contributed by atoms with E-state index < -0.39 is 5.60 Å². The maximum Gasteiger partial charge on any atom is 0.410 e. The molecule has 1 unspecified atom stereocenters. The molecule has 0 bridgehead atoms. The normalized spacial score (nSPS) is 18.0. The van der Waals surface area contributed by atoms with E-state index in [2.05, 4.69) is 90.4 Å². The molecule has 1 saturated heterocycles. The highest BCUT2D eigenvalue weighted by Crippen LogP contribution is 2.25. The molecule has 6 nitrogen and oxygen atoms in total. The average molecular weight is 593 g/mol. The predicted octanol–water partition coefficient (Wildman–Crippen LogP) is 10.1. The van der Waals surface area contributed by atoms with Crippen LogP contribution in [0.4, 0.5) is 4.79 Å². The summed E-state index contributed by atoms with van der Waals surface area (Å²) in [5.41, 5.74) is 6.31. The average Bonchev–Trinajstić information content (AvgIpc) is 2.94. The van der Waals surface area contributed by atoms with Crippen molar-refractivity contribution in [3.05, 3.63) is 70.6 Å². The van der Waals surface area contributed by atoms with Gasteiger partial charge in [0.25, 0.3) is 0 Å². The number of piperazine rings is 1. The Morgan fingerprint density at radius 1 is 1.07 bits per heavy atom. The lowest BCUT2D eigenvalue weighted by molar-refractivity contribution is 0.00494. The molecule has 0 N–H and O–H groups in total. The van der Waals surface area contributed by atoms with Crippen molar-refractivity contribution in [2.45, 2.75) is 127 Å². The Labute approximate surface area is 264 Å². The molecule has 1 rings (SSSR count). The number of nitriles is 1. The first-order valence-electron chi connectivity index (χ1n) is 16.0. The number of nitrogens with zero attached hydrogens (tertiary/aromatic N) is 4. The number of carbonyl (C=O) groups is 1. The van der Waals surface area contributed by atoms with Crippen LogP contribution in [-0.2, 0) is 4.74 Å². The summed E-state index contributed by atoms with van der Waals surface area (Å²) >= 11 is 0. The minimum Gasteiger partial charge on any atom is -0.444 e. The van der Waals surface area contributed by atoms with Crippen LogP contribution in [0.25, 0.3) is 0 Å². The second kappa shape index (κ2) is 21.4. The van der Waals surface area contributed by atoms with Gasteiger partial charge >= 0.3 is 6.09 Å². The molecule has 0 aromatic carbocycles. The van der Waals surface area contributed by atoms with Crippen LogP contribution in [-0.4, -0.2) is 52.9 Å². The van der Waals surface area contributed by atoms with E-state index in [1.54, 1.807) is 0 Å². The van der Waals surface area contributed by atoms with Gasteiger partial charge in [-0.1, -0.05) is 64.0 Å². The Balaban J connectivity index is 0.00000106. The second-order valence-electron chi connectivity index (χ2n) is 11.9. The zero-order valence-corrected chi connectivity index (χ0v) is 29.4. The summed E-state index contributed by atoms with van der Waals surface area (Å²) in [6.45, 7) is 27.0. The molecule has 0 aromatic rings. The highest BCUT2D eigenvalue weighted by molar-refractivity contribution is 6.03. The molecule has 1 heterocycles. The van der Waals surface area contributed by atoms with E-state index in [0.29, 0.717) is 6.54 Å². The number of allylic oxidation sites excluding steroid dienone is 11. The Morgan fingerprint density at radius 2 is 1.72 bits per heavy atom. The maximum absolute atomic E-state index is 12.5. The van der Waals surface area contributed by atoms with Crippen molar-refractivity contribution < 1.29 is 9.53 Å². The molecule has 43 heavy (non-hydrogen) atoms. The topological polar surface area (TPSA) is 68.9 Å². The quantitative estimate of drug-likeness (QED) is 0.136. The van der Waals surface area contributed by atoms with E-state index in [1.807, 2.05) is 56.2 Å². The third-order valence-corrected chi connectivity index (χ3v) is 6.94. The fourth-order valence-electron chi connectivity index (χ4n) is 4.76. The van der Waals surface area contributed by atoms with Crippen molar-refractivity contribution in [3.63, 3.8) is 0 Å². The molecular weight excluding hydrogens is 532 g/mol. The minimum absolute atomic E-state index is 0.0858. The van der Waals surface area contributed by atoms with Crippen molar-refractivity contribution in [2.24, 2.45) is 4.99 Å². The smallest absolute Gasteiger partial charge is 0.410 e. The first-order chi connectivity index (χ1) is 20.3. The van der Waals surface area contributed by atoms with Gasteiger partial charge in [0, 0.05) is 48.9 Å². The van der Waals surface area contributed by atoms with E-state index >= 15 is 0 Å². The van der Waals surface area contributed by atoms with Crippen LogP contribution in [0.1, 0.15) is 115 Å². The number of rotatable bonds is 11. The van der Waals surface area contributed by atoms with Gasteiger partial charge in [0.05, 0.1) is 11.6 Å². The van der Waals surface area contributed by atoms with Gasteiger partial charge in [-0.25, -0.2) is 4.79 Å². The molecule has 0 aromatic heterocycles. The van der Waals surface area contributed by atoms with Crippen LogP contribution in [0.5, 0.6) is 0 Å². The van der Waals surface area contributed by atoms with E-state index in [9.17, 15) is 4.79 Å². The SMILES string of the molecule is CC/C=C/C=C(C#N)\C=C(/C)CCC.C\C=C(CC)/C(C(/C)=N/C=C/CC)=C(/C)N1CCN(C(=O)OC(C)(C)C)C(C)C1. The number of hydrogen-bond donors (Lipinski definition) is 0. The van der Waals surface area contributed by atoms with E-state index in [-0.39, 0.29) is 12.1 Å². The lowest BCUT2D eigenvalue weighted by Gasteiger charge is -2.42. The molecule has 0 saturated carbocycles. The van der Waals surface area contributed by atoms with Crippen LogP contribution in [0, 0.1) is 11.3 Å². The Bertz CT molecular complexity index is 1120. The van der Waals surface area contributed by atoms with Crippen LogP contribution in [0.3, 0.4) is 0 Å². The molecule has 0 aliphatic carbocycles. The summed E-state index contributed by atoms with van der Waals surface area (Å²) in [5.74, 6) is 0. The van der Waals surface area contributed by atoms with Gasteiger partial charge in [-0.05, 0) is 98.8 Å². The molecule has 1 aliphatic rings. The third-order valence-electron chi connectivity index (χ3n) is 6.94. The number of carbonyl (C=O) groups excluding carboxylic acids is 1. The summed E-state index contributed by atoms with van der Waals surface area (Å²) in [6, 6.07) is 2.27. The van der Waals surface area contributed by atoms with Crippen molar-refractivity contribution in [1.82, 2.24) is 9.80 Å². The standard InChI is InChI=1S/C24H41N3O2.C13H19N/c1-10-13-14-25-19(5)22(21(11-2)12-3)20(6)26-15-16-27(18(4)17-26)23(28)29-24(7,8)9;1-4-6-7-9-13(11-14)10-12(3)8-5-2/h11,13-14,18H,10,12,15-17H2,1-9H3;6-7,9-10H,4-5,8H2,1-3H3/b14-13+,21-11-,22-20-,25-19+;7-6+,12-10+,13-9+. The zero-order chi connectivity index (χ0) is 33.0. The highest BCUT2D eigenvalue weighted by atomic mass is 16.6. The highest BCUT2D eigenvalue weighted by Gasteiger charge is 2.31. The fraction of sp³-hybridized carbons (Fsp3) is 0.595. The second-order valence-corrected chi connectivity index (χ2v) is 11.9. The molecule has 0 radical (unpaired) electrons. The van der Waals surface area contributed by atoms with Crippen LogP contribution in [0.15, 0.2) is 75.6 Å². The number of aliphatic imine (C=N–C) groups is 1. The van der Waals surface area contributed by atoms with E-state index in [0.717, 1.165) is 56.5 Å². The van der Waals surface area contributed by atoms with E-state index in [1.165, 1.54) is 22.4 Å². The van der Waals surface area contributed by atoms with Gasteiger partial charge in [-0.15, -0.1) is 0 Å². The predicted molar refractivity (Wildman–Crippen MR) is 185 cm³/mol. The monoisotopic (exact) mass is 592 g/mol. The van der Waals surface area contributed by atoms with Gasteiger partial charge in [0.2, 0.25) is 0 Å².